The molecule has 0 N–H and O–H groups in total. The Kier molecular flexibility index (Phi) is 2.17. The summed E-state index contributed by atoms with van der Waals surface area (Å²) in [5.74, 6) is 0.680. The molecule has 64 valence electrons. The number of nitriles is 1. The first-order chi connectivity index (χ1) is 6.33. The molecule has 2 aromatic rings. The Labute approximate surface area is 86.9 Å². The molecular formula is C8H3BrN2OS. The van der Waals surface area contributed by atoms with Gasteiger partial charge in [-0.1, -0.05) is 0 Å². The molecular weight excluding hydrogens is 252 g/mol. The molecule has 0 fully saturated rings. The predicted octanol–water partition coefficient (Wildman–Crippen LogP) is 3.04. The first kappa shape index (κ1) is 8.48. The molecule has 2 heterocycles. The molecule has 0 atom stereocenters. The minimum absolute atomic E-state index is 0.528. The molecule has 0 saturated carbocycles. The van der Waals surface area contributed by atoms with Gasteiger partial charge in [0, 0.05) is 0 Å². The van der Waals surface area contributed by atoms with Crippen LogP contribution in [-0.4, -0.2) is 4.37 Å². The van der Waals surface area contributed by atoms with E-state index in [0.29, 0.717) is 15.9 Å². The Balaban J connectivity index is 2.60. The summed E-state index contributed by atoms with van der Waals surface area (Å²) in [6.07, 6.45) is 1.57. The van der Waals surface area contributed by atoms with Crippen LogP contribution in [0.25, 0.3) is 10.6 Å². The Morgan fingerprint density at radius 3 is 3.08 bits per heavy atom. The van der Waals surface area contributed by atoms with Gasteiger partial charge in [-0.15, -0.1) is 0 Å². The summed E-state index contributed by atoms with van der Waals surface area (Å²) in [7, 11) is 0. The Hall–Kier alpha value is -1.12. The quantitative estimate of drug-likeness (QED) is 0.786. The maximum absolute atomic E-state index is 8.83. The zero-order chi connectivity index (χ0) is 9.26. The molecule has 0 aliphatic carbocycles. The number of rotatable bonds is 1. The van der Waals surface area contributed by atoms with E-state index in [2.05, 4.69) is 26.4 Å². The third kappa shape index (κ3) is 1.39. The van der Waals surface area contributed by atoms with Gasteiger partial charge < -0.3 is 4.42 Å². The molecule has 0 aliphatic heterocycles. The largest absolute Gasteiger partial charge is 0.463 e. The normalized spacial score (nSPS) is 9.85. The Morgan fingerprint density at radius 2 is 2.46 bits per heavy atom. The van der Waals surface area contributed by atoms with Crippen molar-refractivity contribution in [2.75, 3.05) is 0 Å². The molecule has 0 aliphatic rings. The van der Waals surface area contributed by atoms with Gasteiger partial charge >= 0.3 is 0 Å². The molecule has 0 spiro atoms. The summed E-state index contributed by atoms with van der Waals surface area (Å²) in [6, 6.07) is 5.66. The minimum Gasteiger partial charge on any atom is -0.463 e. The van der Waals surface area contributed by atoms with Crippen LogP contribution in [0.3, 0.4) is 0 Å². The number of halogens is 1. The number of aromatic nitrogens is 1. The lowest BCUT2D eigenvalue weighted by Crippen LogP contribution is -1.74. The van der Waals surface area contributed by atoms with Gasteiger partial charge in [0.1, 0.15) is 26.9 Å². The monoisotopic (exact) mass is 254 g/mol. The standard InChI is InChI=1S/C8H3BrN2OS/c9-8-5(4-10)7(13-11-8)6-2-1-3-12-6/h1-3H. The average molecular weight is 255 g/mol. The number of hydrogen-bond donors (Lipinski definition) is 0. The van der Waals surface area contributed by atoms with Crippen LogP contribution in [-0.2, 0) is 0 Å². The second-order valence-electron chi connectivity index (χ2n) is 2.27. The van der Waals surface area contributed by atoms with E-state index in [1.807, 2.05) is 0 Å². The van der Waals surface area contributed by atoms with Crippen LogP contribution in [0.1, 0.15) is 5.56 Å². The summed E-state index contributed by atoms with van der Waals surface area (Å²) in [5.41, 5.74) is 0.528. The summed E-state index contributed by atoms with van der Waals surface area (Å²) >= 11 is 4.44. The lowest BCUT2D eigenvalue weighted by atomic mass is 10.2. The van der Waals surface area contributed by atoms with Gasteiger partial charge in [0.2, 0.25) is 0 Å². The summed E-state index contributed by atoms with van der Waals surface area (Å²) in [6.45, 7) is 0. The van der Waals surface area contributed by atoms with Gasteiger partial charge in [-0.05, 0) is 39.6 Å². The fourth-order valence-corrected chi connectivity index (χ4v) is 2.28. The molecule has 2 aromatic heterocycles. The van der Waals surface area contributed by atoms with Gasteiger partial charge in [-0.25, -0.2) is 0 Å². The molecule has 3 nitrogen and oxygen atoms in total. The van der Waals surface area contributed by atoms with Crippen LogP contribution < -0.4 is 0 Å². The van der Waals surface area contributed by atoms with Gasteiger partial charge in [0.05, 0.1) is 6.26 Å². The summed E-state index contributed by atoms with van der Waals surface area (Å²) in [4.78, 5) is 0.763. The molecule has 5 heteroatoms. The molecule has 0 unspecified atom stereocenters. The molecule has 0 saturated heterocycles. The lowest BCUT2D eigenvalue weighted by molar-refractivity contribution is 0.583. The van der Waals surface area contributed by atoms with Gasteiger partial charge in [0.15, 0.2) is 0 Å². The fourth-order valence-electron chi connectivity index (χ4n) is 0.944. The van der Waals surface area contributed by atoms with Crippen LogP contribution in [0.2, 0.25) is 0 Å². The Bertz CT molecular complexity index is 455. The van der Waals surface area contributed by atoms with Crippen LogP contribution in [0.5, 0.6) is 0 Å². The van der Waals surface area contributed by atoms with E-state index in [1.54, 1.807) is 18.4 Å². The van der Waals surface area contributed by atoms with Crippen molar-refractivity contribution in [1.82, 2.24) is 4.37 Å². The number of hydrogen-bond acceptors (Lipinski definition) is 4. The van der Waals surface area contributed by atoms with E-state index in [9.17, 15) is 0 Å². The first-order valence-corrected chi connectivity index (χ1v) is 4.98. The van der Waals surface area contributed by atoms with E-state index < -0.39 is 0 Å². The number of furan rings is 1. The van der Waals surface area contributed by atoms with Crippen LogP contribution in [0.15, 0.2) is 27.4 Å². The first-order valence-electron chi connectivity index (χ1n) is 3.42. The van der Waals surface area contributed by atoms with E-state index in [0.717, 1.165) is 4.88 Å². The van der Waals surface area contributed by atoms with Crippen molar-refractivity contribution in [3.8, 4) is 16.7 Å². The van der Waals surface area contributed by atoms with Crippen molar-refractivity contribution in [3.63, 3.8) is 0 Å². The maximum Gasteiger partial charge on any atom is 0.146 e. The third-order valence-electron chi connectivity index (χ3n) is 1.51. The van der Waals surface area contributed by atoms with E-state index in [1.165, 1.54) is 11.5 Å². The van der Waals surface area contributed by atoms with E-state index in [-0.39, 0.29) is 0 Å². The molecule has 2 rings (SSSR count). The van der Waals surface area contributed by atoms with Gasteiger partial charge in [-0.3, -0.25) is 0 Å². The topological polar surface area (TPSA) is 49.8 Å². The maximum atomic E-state index is 8.83. The number of nitrogens with zero attached hydrogens (tertiary/aromatic N) is 2. The van der Waals surface area contributed by atoms with Crippen molar-refractivity contribution < 1.29 is 4.42 Å². The Morgan fingerprint density at radius 1 is 1.62 bits per heavy atom. The van der Waals surface area contributed by atoms with Crippen LogP contribution in [0.4, 0.5) is 0 Å². The van der Waals surface area contributed by atoms with Crippen molar-refractivity contribution in [2.24, 2.45) is 0 Å². The second kappa shape index (κ2) is 3.32. The molecule has 0 aromatic carbocycles. The average Bonchev–Trinajstić information content (AvgIpc) is 2.71. The zero-order valence-electron chi connectivity index (χ0n) is 6.32. The highest BCUT2D eigenvalue weighted by atomic mass is 79.9. The van der Waals surface area contributed by atoms with Gasteiger partial charge in [-0.2, -0.15) is 9.64 Å². The lowest BCUT2D eigenvalue weighted by Gasteiger charge is -1.88. The third-order valence-corrected chi connectivity index (χ3v) is 3.18. The highest BCUT2D eigenvalue weighted by Gasteiger charge is 2.14. The van der Waals surface area contributed by atoms with Crippen LogP contribution >= 0.6 is 27.5 Å². The molecule has 0 radical (unpaired) electrons. The van der Waals surface area contributed by atoms with Crippen molar-refractivity contribution in [3.05, 3.63) is 28.6 Å². The highest BCUT2D eigenvalue weighted by Crippen LogP contribution is 2.32. The molecule has 0 amide bonds. The fraction of sp³-hybridized carbons (Fsp3) is 0. The minimum atomic E-state index is 0.528. The van der Waals surface area contributed by atoms with Crippen molar-refractivity contribution in [2.45, 2.75) is 0 Å². The molecule has 0 bridgehead atoms. The smallest absolute Gasteiger partial charge is 0.146 e. The van der Waals surface area contributed by atoms with Crippen LogP contribution in [0, 0.1) is 11.3 Å². The second-order valence-corrected chi connectivity index (χ2v) is 3.79. The summed E-state index contributed by atoms with van der Waals surface area (Å²) < 4.78 is 9.77. The van der Waals surface area contributed by atoms with E-state index >= 15 is 0 Å². The predicted molar refractivity (Wildman–Crippen MR) is 52.2 cm³/mol. The summed E-state index contributed by atoms with van der Waals surface area (Å²) in [5, 5.41) is 8.83. The van der Waals surface area contributed by atoms with E-state index in [4.69, 9.17) is 9.68 Å². The van der Waals surface area contributed by atoms with Crippen molar-refractivity contribution >= 4 is 27.5 Å². The zero-order valence-corrected chi connectivity index (χ0v) is 8.72. The van der Waals surface area contributed by atoms with Crippen molar-refractivity contribution in [1.29, 1.82) is 5.26 Å². The molecule has 13 heavy (non-hydrogen) atoms. The SMILES string of the molecule is N#Cc1c(Br)nsc1-c1ccco1. The van der Waals surface area contributed by atoms with Gasteiger partial charge in [0.25, 0.3) is 0 Å². The highest BCUT2D eigenvalue weighted by molar-refractivity contribution is 9.10.